The Labute approximate surface area is 221 Å². The van der Waals surface area contributed by atoms with E-state index < -0.39 is 0 Å². The number of ether oxygens (including phenoxy) is 3. The van der Waals surface area contributed by atoms with Gasteiger partial charge in [0.1, 0.15) is 4.88 Å². The van der Waals surface area contributed by atoms with Crippen LogP contribution in [0.5, 0.6) is 0 Å². The quantitative estimate of drug-likeness (QED) is 0.402. The van der Waals surface area contributed by atoms with Crippen molar-refractivity contribution >= 4 is 28.9 Å². The maximum absolute atomic E-state index is 14.2. The number of carbonyl (C=O) groups is 2. The van der Waals surface area contributed by atoms with Gasteiger partial charge in [-0.25, -0.2) is 4.79 Å². The fourth-order valence-corrected chi connectivity index (χ4v) is 7.02. The summed E-state index contributed by atoms with van der Waals surface area (Å²) in [5.74, 6) is 0.552. The SMILES string of the molecule is COC(=O)c1sc(C(C)(C)C)cc1N(C(=O)[C@H]1CC[C@H](C)CC1)[C@H]1CC[C@@H](OC2CCOCC2)CC1. The number of methoxy groups -OCH3 is 1. The van der Waals surface area contributed by atoms with Gasteiger partial charge >= 0.3 is 5.97 Å². The molecule has 6 nitrogen and oxygen atoms in total. The van der Waals surface area contributed by atoms with E-state index in [0.29, 0.717) is 16.9 Å². The van der Waals surface area contributed by atoms with E-state index in [2.05, 4.69) is 33.8 Å². The van der Waals surface area contributed by atoms with Crippen molar-refractivity contribution in [2.75, 3.05) is 25.2 Å². The minimum Gasteiger partial charge on any atom is -0.465 e. The first-order valence-electron chi connectivity index (χ1n) is 14.0. The predicted molar refractivity (Wildman–Crippen MR) is 144 cm³/mol. The van der Waals surface area contributed by atoms with E-state index in [1.165, 1.54) is 18.4 Å². The number of amides is 1. The molecule has 4 rings (SSSR count). The zero-order valence-corrected chi connectivity index (χ0v) is 23.7. The average Bonchev–Trinajstić information content (AvgIpc) is 3.31. The van der Waals surface area contributed by atoms with Crippen molar-refractivity contribution in [1.29, 1.82) is 0 Å². The Hall–Kier alpha value is -1.44. The smallest absolute Gasteiger partial charge is 0.350 e. The largest absolute Gasteiger partial charge is 0.465 e. The molecule has 0 bridgehead atoms. The molecule has 0 unspecified atom stereocenters. The van der Waals surface area contributed by atoms with Gasteiger partial charge in [-0.15, -0.1) is 11.3 Å². The Morgan fingerprint density at radius 2 is 1.56 bits per heavy atom. The van der Waals surface area contributed by atoms with Crippen molar-refractivity contribution in [1.82, 2.24) is 0 Å². The van der Waals surface area contributed by atoms with Crippen LogP contribution in [0.2, 0.25) is 0 Å². The lowest BCUT2D eigenvalue weighted by atomic mass is 9.81. The normalized spacial score (nSPS) is 28.0. The summed E-state index contributed by atoms with van der Waals surface area (Å²) in [6.45, 7) is 10.3. The van der Waals surface area contributed by atoms with Crippen LogP contribution in [0.25, 0.3) is 0 Å². The summed E-state index contributed by atoms with van der Waals surface area (Å²) in [6, 6.07) is 2.17. The van der Waals surface area contributed by atoms with Crippen molar-refractivity contribution < 1.29 is 23.8 Å². The van der Waals surface area contributed by atoms with Gasteiger partial charge in [0.05, 0.1) is 25.0 Å². The molecular formula is C29H45NO5S. The van der Waals surface area contributed by atoms with Crippen LogP contribution < -0.4 is 4.90 Å². The summed E-state index contributed by atoms with van der Waals surface area (Å²) < 4.78 is 17.1. The van der Waals surface area contributed by atoms with Gasteiger partial charge in [0.25, 0.3) is 0 Å². The average molecular weight is 520 g/mol. The van der Waals surface area contributed by atoms with Crippen LogP contribution in [0.4, 0.5) is 5.69 Å². The number of rotatable bonds is 6. The Bertz CT molecular complexity index is 884. The maximum Gasteiger partial charge on any atom is 0.350 e. The number of nitrogens with zero attached hydrogens (tertiary/aromatic N) is 1. The number of anilines is 1. The third-order valence-electron chi connectivity index (χ3n) is 8.25. The van der Waals surface area contributed by atoms with Gasteiger partial charge in [0, 0.05) is 30.1 Å². The maximum atomic E-state index is 14.2. The molecule has 3 fully saturated rings. The fraction of sp³-hybridized carbons (Fsp3) is 0.793. The van der Waals surface area contributed by atoms with E-state index in [4.69, 9.17) is 14.2 Å². The molecule has 3 aliphatic rings. The fourth-order valence-electron chi connectivity index (χ4n) is 5.89. The molecule has 0 N–H and O–H groups in total. The lowest BCUT2D eigenvalue weighted by Crippen LogP contribution is -2.47. The van der Waals surface area contributed by atoms with Crippen molar-refractivity contribution in [3.8, 4) is 0 Å². The second kappa shape index (κ2) is 12.0. The molecule has 2 heterocycles. The van der Waals surface area contributed by atoms with Crippen LogP contribution in [0.15, 0.2) is 6.07 Å². The topological polar surface area (TPSA) is 65.1 Å². The molecule has 2 aliphatic carbocycles. The molecule has 1 amide bonds. The molecule has 1 aliphatic heterocycles. The summed E-state index contributed by atoms with van der Waals surface area (Å²) in [6.07, 6.45) is 10.2. The third-order valence-corrected chi connectivity index (χ3v) is 9.78. The molecule has 1 aromatic rings. The first-order chi connectivity index (χ1) is 17.2. The zero-order chi connectivity index (χ0) is 25.9. The first kappa shape index (κ1) is 27.6. The summed E-state index contributed by atoms with van der Waals surface area (Å²) in [5.41, 5.74) is 0.643. The van der Waals surface area contributed by atoms with Crippen LogP contribution >= 0.6 is 11.3 Å². The van der Waals surface area contributed by atoms with E-state index >= 15 is 0 Å². The van der Waals surface area contributed by atoms with Gasteiger partial charge < -0.3 is 19.1 Å². The Morgan fingerprint density at radius 3 is 2.14 bits per heavy atom. The minimum atomic E-state index is -0.350. The first-order valence-corrected chi connectivity index (χ1v) is 14.8. The van der Waals surface area contributed by atoms with E-state index in [1.807, 2.05) is 4.90 Å². The molecule has 7 heteroatoms. The van der Waals surface area contributed by atoms with E-state index in [9.17, 15) is 9.59 Å². The molecule has 1 aromatic heterocycles. The predicted octanol–water partition coefficient (Wildman–Crippen LogP) is 6.50. The molecular weight excluding hydrogens is 474 g/mol. The Morgan fingerprint density at radius 1 is 0.944 bits per heavy atom. The number of thiophene rings is 1. The van der Waals surface area contributed by atoms with Gasteiger partial charge in [-0.2, -0.15) is 0 Å². The summed E-state index contributed by atoms with van der Waals surface area (Å²) in [7, 11) is 1.43. The molecule has 0 spiro atoms. The molecule has 2 saturated carbocycles. The molecule has 36 heavy (non-hydrogen) atoms. The van der Waals surface area contributed by atoms with Crippen LogP contribution in [-0.4, -0.2) is 50.4 Å². The van der Waals surface area contributed by atoms with Crippen molar-refractivity contribution in [3.63, 3.8) is 0 Å². The molecule has 1 saturated heterocycles. The van der Waals surface area contributed by atoms with Crippen molar-refractivity contribution in [2.24, 2.45) is 11.8 Å². The Kier molecular flexibility index (Phi) is 9.16. The Balaban J connectivity index is 1.58. The summed E-state index contributed by atoms with van der Waals surface area (Å²) in [4.78, 5) is 30.7. The molecule has 0 aromatic carbocycles. The minimum absolute atomic E-state index is 0.0286. The molecule has 0 atom stereocenters. The van der Waals surface area contributed by atoms with E-state index in [0.717, 1.165) is 88.0 Å². The lowest BCUT2D eigenvalue weighted by Gasteiger charge is -2.40. The van der Waals surface area contributed by atoms with Gasteiger partial charge in [-0.1, -0.05) is 27.7 Å². The molecule has 0 radical (unpaired) electrons. The van der Waals surface area contributed by atoms with Gasteiger partial charge in [-0.3, -0.25) is 4.79 Å². The van der Waals surface area contributed by atoms with E-state index in [-0.39, 0.29) is 35.4 Å². The lowest BCUT2D eigenvalue weighted by molar-refractivity contribution is -0.124. The second-order valence-corrected chi connectivity index (χ2v) is 13.2. The van der Waals surface area contributed by atoms with Gasteiger partial charge in [0.2, 0.25) is 5.91 Å². The monoisotopic (exact) mass is 519 g/mol. The van der Waals surface area contributed by atoms with Crippen LogP contribution in [-0.2, 0) is 24.4 Å². The van der Waals surface area contributed by atoms with Gasteiger partial charge in [0.15, 0.2) is 0 Å². The van der Waals surface area contributed by atoms with Crippen LogP contribution in [0.3, 0.4) is 0 Å². The highest BCUT2D eigenvalue weighted by Crippen LogP contribution is 2.42. The number of hydrogen-bond acceptors (Lipinski definition) is 6. The van der Waals surface area contributed by atoms with Crippen LogP contribution in [0, 0.1) is 11.8 Å². The van der Waals surface area contributed by atoms with Crippen LogP contribution in [0.1, 0.15) is 106 Å². The molecule has 202 valence electrons. The number of esters is 1. The third kappa shape index (κ3) is 6.51. The number of hydrogen-bond donors (Lipinski definition) is 0. The highest BCUT2D eigenvalue weighted by Gasteiger charge is 2.39. The van der Waals surface area contributed by atoms with Gasteiger partial charge in [-0.05, 0) is 81.6 Å². The second-order valence-electron chi connectivity index (χ2n) is 12.1. The highest BCUT2D eigenvalue weighted by molar-refractivity contribution is 7.14. The van der Waals surface area contributed by atoms with E-state index in [1.54, 1.807) is 0 Å². The summed E-state index contributed by atoms with van der Waals surface area (Å²) in [5, 5.41) is 0. The highest BCUT2D eigenvalue weighted by atomic mass is 32.1. The standard InChI is InChI=1S/C29H45NO5S/c1-19-6-8-20(9-7-19)27(31)30(24-18-25(29(2,3)4)36-26(24)28(32)33-5)21-10-12-22(13-11-21)35-23-14-16-34-17-15-23/h18-23H,6-17H2,1-5H3/t19-,20-,21-,22+. The van der Waals surface area contributed by atoms with Crippen molar-refractivity contribution in [2.45, 2.75) is 116 Å². The van der Waals surface area contributed by atoms with Crippen molar-refractivity contribution in [3.05, 3.63) is 15.8 Å². The summed E-state index contributed by atoms with van der Waals surface area (Å²) >= 11 is 1.47. The number of carbonyl (C=O) groups excluding carboxylic acids is 2. The zero-order valence-electron chi connectivity index (χ0n) is 22.8.